The van der Waals surface area contributed by atoms with Crippen LogP contribution in [0.3, 0.4) is 0 Å². The van der Waals surface area contributed by atoms with Crippen LogP contribution < -0.4 is 5.32 Å². The summed E-state index contributed by atoms with van der Waals surface area (Å²) in [5, 5.41) is 3.96. The van der Waals surface area contributed by atoms with Crippen molar-refractivity contribution in [2.45, 2.75) is 6.92 Å². The topological polar surface area (TPSA) is 37.8 Å². The third kappa shape index (κ3) is 1.99. The normalized spacial score (nSPS) is 10.8. The van der Waals surface area contributed by atoms with Crippen LogP contribution in [0.25, 0.3) is 22.3 Å². The summed E-state index contributed by atoms with van der Waals surface area (Å²) >= 11 is 0. The number of fused-ring (bicyclic) bond motifs is 1. The Labute approximate surface area is 116 Å². The first-order valence-electron chi connectivity index (χ1n) is 6.40. The molecule has 1 heterocycles. The summed E-state index contributed by atoms with van der Waals surface area (Å²) in [5.41, 5.74) is 1.81. The first kappa shape index (κ1) is 12.5. The lowest BCUT2D eigenvalue weighted by molar-refractivity contribution is 0.621. The van der Waals surface area contributed by atoms with Crippen molar-refractivity contribution < 1.29 is 4.39 Å². The molecule has 20 heavy (non-hydrogen) atoms. The van der Waals surface area contributed by atoms with Crippen LogP contribution in [0.2, 0.25) is 0 Å². The van der Waals surface area contributed by atoms with E-state index in [0.29, 0.717) is 22.8 Å². The van der Waals surface area contributed by atoms with Gasteiger partial charge in [0, 0.05) is 12.4 Å². The highest BCUT2D eigenvalue weighted by molar-refractivity contribution is 5.90. The number of benzene rings is 2. The number of halogens is 1. The third-order valence-corrected chi connectivity index (χ3v) is 3.27. The van der Waals surface area contributed by atoms with Gasteiger partial charge in [-0.3, -0.25) is 0 Å². The van der Waals surface area contributed by atoms with Crippen LogP contribution in [-0.4, -0.2) is 17.0 Å². The Bertz CT molecular complexity index is 784. The molecule has 0 aliphatic heterocycles. The molecular formula is C16H14FN3. The van der Waals surface area contributed by atoms with Crippen LogP contribution in [-0.2, 0) is 0 Å². The molecule has 1 aromatic heterocycles. The van der Waals surface area contributed by atoms with Crippen molar-refractivity contribution in [2.75, 3.05) is 12.4 Å². The van der Waals surface area contributed by atoms with Gasteiger partial charge in [0.15, 0.2) is 5.82 Å². The van der Waals surface area contributed by atoms with Crippen LogP contribution >= 0.6 is 0 Å². The van der Waals surface area contributed by atoms with Gasteiger partial charge in [-0.25, -0.2) is 14.4 Å². The Balaban J connectivity index is 2.29. The minimum atomic E-state index is -0.273. The molecule has 1 N–H and O–H groups in total. The van der Waals surface area contributed by atoms with Crippen LogP contribution in [0.15, 0.2) is 42.5 Å². The monoisotopic (exact) mass is 267 g/mol. The van der Waals surface area contributed by atoms with Crippen LogP contribution in [0.5, 0.6) is 0 Å². The van der Waals surface area contributed by atoms with E-state index in [0.717, 1.165) is 10.9 Å². The van der Waals surface area contributed by atoms with E-state index in [1.807, 2.05) is 30.3 Å². The summed E-state index contributed by atoms with van der Waals surface area (Å²) in [7, 11) is 1.80. The average Bonchev–Trinajstić information content (AvgIpc) is 2.49. The summed E-state index contributed by atoms with van der Waals surface area (Å²) < 4.78 is 14.2. The Morgan fingerprint density at radius 1 is 1.00 bits per heavy atom. The smallest absolute Gasteiger partial charge is 0.165 e. The molecule has 0 radical (unpaired) electrons. The van der Waals surface area contributed by atoms with E-state index in [2.05, 4.69) is 15.3 Å². The van der Waals surface area contributed by atoms with Gasteiger partial charge in [-0.2, -0.15) is 0 Å². The van der Waals surface area contributed by atoms with Crippen molar-refractivity contribution in [1.29, 1.82) is 0 Å². The van der Waals surface area contributed by atoms with Crippen LogP contribution in [0.4, 0.5) is 10.2 Å². The van der Waals surface area contributed by atoms with Gasteiger partial charge in [-0.1, -0.05) is 24.3 Å². The molecule has 0 aliphatic carbocycles. The van der Waals surface area contributed by atoms with Crippen LogP contribution in [0, 0.1) is 12.7 Å². The highest BCUT2D eigenvalue weighted by Gasteiger charge is 2.12. The predicted octanol–water partition coefficient (Wildman–Crippen LogP) is 3.79. The molecule has 0 spiro atoms. The summed E-state index contributed by atoms with van der Waals surface area (Å²) in [4.78, 5) is 8.89. The standard InChI is InChI=1S/C16H14FN3/c1-10-6-5-8-12(14(10)17)16-19-13-9-4-3-7-11(13)15(18-2)20-16/h3-9H,1-2H3,(H,18,19,20). The van der Waals surface area contributed by atoms with E-state index >= 15 is 0 Å². The molecule has 0 saturated heterocycles. The van der Waals surface area contributed by atoms with Crippen molar-refractivity contribution in [3.63, 3.8) is 0 Å². The van der Waals surface area contributed by atoms with Crippen molar-refractivity contribution in [1.82, 2.24) is 9.97 Å². The molecule has 0 aliphatic rings. The Morgan fingerprint density at radius 2 is 1.80 bits per heavy atom. The summed E-state index contributed by atoms with van der Waals surface area (Å²) in [5.74, 6) is 0.825. The maximum absolute atomic E-state index is 14.2. The fraction of sp³-hybridized carbons (Fsp3) is 0.125. The zero-order valence-corrected chi connectivity index (χ0v) is 11.3. The van der Waals surface area contributed by atoms with E-state index in [4.69, 9.17) is 0 Å². The van der Waals surface area contributed by atoms with Gasteiger partial charge in [0.05, 0.1) is 11.1 Å². The number of hydrogen-bond donors (Lipinski definition) is 1. The highest BCUT2D eigenvalue weighted by atomic mass is 19.1. The molecule has 0 unspecified atom stereocenters. The van der Waals surface area contributed by atoms with Gasteiger partial charge in [-0.15, -0.1) is 0 Å². The molecule has 0 amide bonds. The van der Waals surface area contributed by atoms with Gasteiger partial charge < -0.3 is 5.32 Å². The zero-order valence-electron chi connectivity index (χ0n) is 11.3. The average molecular weight is 267 g/mol. The van der Waals surface area contributed by atoms with Gasteiger partial charge >= 0.3 is 0 Å². The van der Waals surface area contributed by atoms with Crippen molar-refractivity contribution in [2.24, 2.45) is 0 Å². The quantitative estimate of drug-likeness (QED) is 0.767. The molecule has 0 saturated carbocycles. The molecule has 100 valence electrons. The Kier molecular flexibility index (Phi) is 3.06. The van der Waals surface area contributed by atoms with E-state index in [1.165, 1.54) is 0 Å². The van der Waals surface area contributed by atoms with Gasteiger partial charge in [0.1, 0.15) is 11.6 Å². The molecule has 0 fully saturated rings. The van der Waals surface area contributed by atoms with E-state index in [-0.39, 0.29) is 5.82 Å². The maximum atomic E-state index is 14.2. The highest BCUT2D eigenvalue weighted by Crippen LogP contribution is 2.27. The number of aromatic nitrogens is 2. The minimum absolute atomic E-state index is 0.273. The van der Waals surface area contributed by atoms with E-state index in [1.54, 1.807) is 26.1 Å². The van der Waals surface area contributed by atoms with Gasteiger partial charge in [0.2, 0.25) is 0 Å². The second-order valence-corrected chi connectivity index (χ2v) is 4.60. The lowest BCUT2D eigenvalue weighted by Gasteiger charge is -2.09. The first-order chi connectivity index (χ1) is 9.70. The predicted molar refractivity (Wildman–Crippen MR) is 79.2 cm³/mol. The number of para-hydroxylation sites is 1. The summed E-state index contributed by atoms with van der Waals surface area (Å²) in [6.45, 7) is 1.73. The SMILES string of the molecule is CNc1nc(-c2cccc(C)c2F)nc2ccccc12. The second kappa shape index (κ2) is 4.89. The molecule has 0 bridgehead atoms. The maximum Gasteiger partial charge on any atom is 0.165 e. The van der Waals surface area contributed by atoms with E-state index in [9.17, 15) is 4.39 Å². The molecule has 3 nitrogen and oxygen atoms in total. The van der Waals surface area contributed by atoms with Gasteiger partial charge in [0.25, 0.3) is 0 Å². The van der Waals surface area contributed by atoms with Crippen molar-refractivity contribution in [3.8, 4) is 11.4 Å². The summed E-state index contributed by atoms with van der Waals surface area (Å²) in [6, 6.07) is 12.9. The van der Waals surface area contributed by atoms with Crippen molar-refractivity contribution in [3.05, 3.63) is 53.8 Å². The number of hydrogen-bond acceptors (Lipinski definition) is 3. The minimum Gasteiger partial charge on any atom is -0.373 e. The van der Waals surface area contributed by atoms with Gasteiger partial charge in [-0.05, 0) is 30.7 Å². The molecule has 3 rings (SSSR count). The lowest BCUT2D eigenvalue weighted by Crippen LogP contribution is -2.00. The Hall–Kier alpha value is -2.49. The Morgan fingerprint density at radius 3 is 2.60 bits per heavy atom. The number of nitrogens with one attached hydrogen (secondary N) is 1. The fourth-order valence-corrected chi connectivity index (χ4v) is 2.21. The third-order valence-electron chi connectivity index (χ3n) is 3.27. The molecule has 4 heteroatoms. The molecule has 0 atom stereocenters. The largest absolute Gasteiger partial charge is 0.373 e. The molecule has 2 aromatic carbocycles. The second-order valence-electron chi connectivity index (χ2n) is 4.60. The molecular weight excluding hydrogens is 253 g/mol. The fourth-order valence-electron chi connectivity index (χ4n) is 2.21. The molecule has 3 aromatic rings. The first-order valence-corrected chi connectivity index (χ1v) is 6.40. The van der Waals surface area contributed by atoms with Crippen LogP contribution in [0.1, 0.15) is 5.56 Å². The summed E-state index contributed by atoms with van der Waals surface area (Å²) in [6.07, 6.45) is 0. The number of anilines is 1. The number of nitrogens with zero attached hydrogens (tertiary/aromatic N) is 2. The lowest BCUT2D eigenvalue weighted by atomic mass is 10.1. The van der Waals surface area contributed by atoms with E-state index < -0.39 is 0 Å². The number of rotatable bonds is 2. The van der Waals surface area contributed by atoms with Crippen molar-refractivity contribution >= 4 is 16.7 Å². The number of aryl methyl sites for hydroxylation is 1. The zero-order chi connectivity index (χ0) is 14.1.